The van der Waals surface area contributed by atoms with Crippen LogP contribution < -0.4 is 5.32 Å². The predicted octanol–water partition coefficient (Wildman–Crippen LogP) is 3.28. The molecule has 134 valence electrons. The molecule has 4 nitrogen and oxygen atoms in total. The second-order valence-corrected chi connectivity index (χ2v) is 7.79. The van der Waals surface area contributed by atoms with Gasteiger partial charge in [0.1, 0.15) is 0 Å². The number of hydrogen-bond acceptors (Lipinski definition) is 4. The summed E-state index contributed by atoms with van der Waals surface area (Å²) in [6.45, 7) is 2.46. The van der Waals surface area contributed by atoms with E-state index in [1.165, 1.54) is 0 Å². The second kappa shape index (κ2) is 6.92. The van der Waals surface area contributed by atoms with E-state index in [2.05, 4.69) is 5.32 Å². The third-order valence-corrected chi connectivity index (χ3v) is 5.78. The molecule has 3 heterocycles. The SMILES string of the molecule is CCSC1CC(C(F)(F)F)C(N2C=CN(C)C2)NC1n1cccc1. The lowest BCUT2D eigenvalue weighted by Gasteiger charge is -2.46. The molecule has 2 aliphatic heterocycles. The van der Waals surface area contributed by atoms with Gasteiger partial charge in [-0.25, -0.2) is 0 Å². The Labute approximate surface area is 144 Å². The predicted molar refractivity (Wildman–Crippen MR) is 90.1 cm³/mol. The summed E-state index contributed by atoms with van der Waals surface area (Å²) in [4.78, 5) is 3.63. The third kappa shape index (κ3) is 3.54. The highest BCUT2D eigenvalue weighted by Crippen LogP contribution is 2.43. The van der Waals surface area contributed by atoms with E-state index in [0.29, 0.717) is 6.67 Å². The Bertz CT molecular complexity index is 560. The van der Waals surface area contributed by atoms with Crippen LogP contribution in [0.4, 0.5) is 13.2 Å². The van der Waals surface area contributed by atoms with Crippen molar-refractivity contribution in [1.82, 2.24) is 19.7 Å². The van der Waals surface area contributed by atoms with Crippen LogP contribution in [0.25, 0.3) is 0 Å². The topological polar surface area (TPSA) is 23.4 Å². The first kappa shape index (κ1) is 17.5. The van der Waals surface area contributed by atoms with Crippen molar-refractivity contribution in [2.24, 2.45) is 5.92 Å². The maximum absolute atomic E-state index is 13.7. The molecule has 0 aliphatic carbocycles. The van der Waals surface area contributed by atoms with E-state index in [-0.39, 0.29) is 17.8 Å². The second-order valence-electron chi connectivity index (χ2n) is 6.27. The van der Waals surface area contributed by atoms with E-state index in [1.807, 2.05) is 54.2 Å². The van der Waals surface area contributed by atoms with Gasteiger partial charge in [-0.1, -0.05) is 6.92 Å². The summed E-state index contributed by atoms with van der Waals surface area (Å²) in [5.74, 6) is -0.587. The number of alkyl halides is 3. The molecule has 0 spiro atoms. The lowest BCUT2D eigenvalue weighted by molar-refractivity contribution is -0.203. The molecule has 4 atom stereocenters. The smallest absolute Gasteiger partial charge is 0.362 e. The molecular weight excluding hydrogens is 337 g/mol. The fraction of sp³-hybridized carbons (Fsp3) is 0.625. The minimum absolute atomic E-state index is 0.116. The van der Waals surface area contributed by atoms with Crippen molar-refractivity contribution in [3.8, 4) is 0 Å². The summed E-state index contributed by atoms with van der Waals surface area (Å²) in [6.07, 6.45) is 2.39. The number of rotatable bonds is 4. The zero-order valence-corrected chi connectivity index (χ0v) is 14.6. The first-order chi connectivity index (χ1) is 11.4. The Morgan fingerprint density at radius 3 is 2.42 bits per heavy atom. The van der Waals surface area contributed by atoms with Gasteiger partial charge in [-0.15, -0.1) is 0 Å². The van der Waals surface area contributed by atoms with Crippen molar-refractivity contribution in [2.45, 2.75) is 37.1 Å². The van der Waals surface area contributed by atoms with Crippen LogP contribution in [-0.4, -0.2) is 51.4 Å². The number of halogens is 3. The minimum atomic E-state index is -4.22. The zero-order valence-electron chi connectivity index (χ0n) is 13.8. The van der Waals surface area contributed by atoms with Gasteiger partial charge in [-0.05, 0) is 24.3 Å². The number of nitrogens with one attached hydrogen (secondary N) is 1. The lowest BCUT2D eigenvalue weighted by Crippen LogP contribution is -2.60. The molecule has 0 radical (unpaired) electrons. The van der Waals surface area contributed by atoms with Crippen molar-refractivity contribution < 1.29 is 13.2 Å². The van der Waals surface area contributed by atoms with Crippen LogP contribution >= 0.6 is 11.8 Å². The number of piperidine rings is 1. The maximum Gasteiger partial charge on any atom is 0.395 e. The molecule has 0 bridgehead atoms. The summed E-state index contributed by atoms with van der Waals surface area (Å²) in [6, 6.07) is 3.81. The van der Waals surface area contributed by atoms with Gasteiger partial charge in [0.05, 0.1) is 24.9 Å². The van der Waals surface area contributed by atoms with Crippen molar-refractivity contribution in [2.75, 3.05) is 19.5 Å². The van der Waals surface area contributed by atoms with Gasteiger partial charge >= 0.3 is 6.18 Å². The van der Waals surface area contributed by atoms with E-state index >= 15 is 0 Å². The van der Waals surface area contributed by atoms with Crippen LogP contribution in [0.3, 0.4) is 0 Å². The molecule has 4 unspecified atom stereocenters. The van der Waals surface area contributed by atoms with Crippen LogP contribution in [0.15, 0.2) is 36.9 Å². The van der Waals surface area contributed by atoms with Gasteiger partial charge in [0, 0.05) is 37.1 Å². The van der Waals surface area contributed by atoms with Crippen LogP contribution in [0.2, 0.25) is 0 Å². The molecule has 3 rings (SSSR count). The standard InChI is InChI=1S/C16H23F3N4S/c1-3-24-13-10-12(16(17,18)19)14(23-9-8-21(2)11-23)20-15(13)22-6-4-5-7-22/h4-9,12-15,20H,3,10-11H2,1-2H3. The Balaban J connectivity index is 1.88. The molecule has 1 N–H and O–H groups in total. The number of nitrogens with zero attached hydrogens (tertiary/aromatic N) is 3. The largest absolute Gasteiger partial charge is 0.395 e. The average Bonchev–Trinajstić information content (AvgIpc) is 3.17. The van der Waals surface area contributed by atoms with Gasteiger partial charge in [-0.3, -0.25) is 5.32 Å². The Kier molecular flexibility index (Phi) is 5.05. The summed E-state index contributed by atoms with van der Waals surface area (Å²) in [5.41, 5.74) is 0. The summed E-state index contributed by atoms with van der Waals surface area (Å²) in [7, 11) is 1.86. The molecule has 1 saturated heterocycles. The van der Waals surface area contributed by atoms with E-state index in [4.69, 9.17) is 0 Å². The molecule has 1 aromatic heterocycles. The van der Waals surface area contributed by atoms with Crippen LogP contribution in [0, 0.1) is 5.92 Å². The minimum Gasteiger partial charge on any atom is -0.362 e. The van der Waals surface area contributed by atoms with E-state index < -0.39 is 18.3 Å². The number of thioether (sulfide) groups is 1. The quantitative estimate of drug-likeness (QED) is 0.890. The molecule has 0 saturated carbocycles. The zero-order chi connectivity index (χ0) is 17.3. The Morgan fingerprint density at radius 2 is 1.88 bits per heavy atom. The molecular formula is C16H23F3N4S. The molecule has 24 heavy (non-hydrogen) atoms. The Morgan fingerprint density at radius 1 is 1.17 bits per heavy atom. The van der Waals surface area contributed by atoms with Gasteiger partial charge in [0.25, 0.3) is 0 Å². The maximum atomic E-state index is 13.7. The van der Waals surface area contributed by atoms with Gasteiger partial charge < -0.3 is 14.4 Å². The van der Waals surface area contributed by atoms with Crippen LogP contribution in [-0.2, 0) is 0 Å². The molecule has 1 fully saturated rings. The normalized spacial score (nSPS) is 31.0. The fourth-order valence-electron chi connectivity index (χ4n) is 3.46. The van der Waals surface area contributed by atoms with Gasteiger partial charge in [0.2, 0.25) is 0 Å². The Hall–Kier alpha value is -1.28. The molecule has 8 heteroatoms. The molecule has 2 aliphatic rings. The van der Waals surface area contributed by atoms with Crippen molar-refractivity contribution >= 4 is 11.8 Å². The van der Waals surface area contributed by atoms with E-state index in [9.17, 15) is 13.2 Å². The highest BCUT2D eigenvalue weighted by molar-refractivity contribution is 7.99. The summed E-state index contributed by atoms with van der Waals surface area (Å²) in [5, 5.41) is 3.16. The summed E-state index contributed by atoms with van der Waals surface area (Å²) < 4.78 is 43.1. The van der Waals surface area contributed by atoms with Gasteiger partial charge in [0.15, 0.2) is 0 Å². The van der Waals surface area contributed by atoms with Crippen molar-refractivity contribution in [3.05, 3.63) is 36.9 Å². The van der Waals surface area contributed by atoms with E-state index in [0.717, 1.165) is 5.75 Å². The lowest BCUT2D eigenvalue weighted by atomic mass is 9.92. The number of aromatic nitrogens is 1. The fourth-order valence-corrected chi connectivity index (χ4v) is 4.64. The average molecular weight is 360 g/mol. The van der Waals surface area contributed by atoms with E-state index in [1.54, 1.807) is 22.9 Å². The monoisotopic (exact) mass is 360 g/mol. The third-order valence-electron chi connectivity index (χ3n) is 4.57. The first-order valence-electron chi connectivity index (χ1n) is 8.11. The van der Waals surface area contributed by atoms with Crippen LogP contribution in [0.5, 0.6) is 0 Å². The van der Waals surface area contributed by atoms with Gasteiger partial charge in [-0.2, -0.15) is 24.9 Å². The highest BCUT2D eigenvalue weighted by atomic mass is 32.2. The molecule has 1 aromatic rings. The molecule has 0 aromatic carbocycles. The van der Waals surface area contributed by atoms with Crippen molar-refractivity contribution in [3.63, 3.8) is 0 Å². The summed E-state index contributed by atoms with van der Waals surface area (Å²) >= 11 is 1.59. The highest BCUT2D eigenvalue weighted by Gasteiger charge is 2.52. The van der Waals surface area contributed by atoms with Crippen molar-refractivity contribution in [1.29, 1.82) is 0 Å². The molecule has 0 amide bonds. The first-order valence-corrected chi connectivity index (χ1v) is 9.16. The van der Waals surface area contributed by atoms with Crippen LogP contribution in [0.1, 0.15) is 19.5 Å². The number of hydrogen-bond donors (Lipinski definition) is 1.